The van der Waals surface area contributed by atoms with Gasteiger partial charge in [0, 0.05) is 49.2 Å². The third-order valence-electron chi connectivity index (χ3n) is 5.73. The average molecular weight is 381 g/mol. The number of rotatable bonds is 3. The SMILES string of the molecule is CN1CCc2nc3ccccc3c(C(=O)OCC(=O)N3CCCCCC3)c2C1. The van der Waals surface area contributed by atoms with Crippen molar-refractivity contribution < 1.29 is 14.3 Å². The molecule has 2 aliphatic rings. The number of para-hydroxylation sites is 1. The van der Waals surface area contributed by atoms with Gasteiger partial charge in [-0.25, -0.2) is 4.79 Å². The minimum atomic E-state index is -0.423. The Labute approximate surface area is 165 Å². The fourth-order valence-electron chi connectivity index (χ4n) is 4.17. The van der Waals surface area contributed by atoms with E-state index in [4.69, 9.17) is 9.72 Å². The molecule has 0 atom stereocenters. The van der Waals surface area contributed by atoms with Gasteiger partial charge in [-0.2, -0.15) is 0 Å². The van der Waals surface area contributed by atoms with Crippen LogP contribution in [0.3, 0.4) is 0 Å². The minimum absolute atomic E-state index is 0.0976. The molecule has 6 heteroatoms. The molecule has 0 radical (unpaired) electrons. The smallest absolute Gasteiger partial charge is 0.339 e. The Hall–Kier alpha value is -2.47. The molecule has 6 nitrogen and oxygen atoms in total. The molecule has 2 aliphatic heterocycles. The predicted octanol–water partition coefficient (Wildman–Crippen LogP) is 2.78. The molecule has 0 saturated carbocycles. The molecular formula is C22H27N3O3. The van der Waals surface area contributed by atoms with Crippen LogP contribution in [0.25, 0.3) is 10.9 Å². The number of nitrogens with zero attached hydrogens (tertiary/aromatic N) is 3. The lowest BCUT2D eigenvalue weighted by Gasteiger charge is -2.27. The summed E-state index contributed by atoms with van der Waals surface area (Å²) in [6.45, 7) is 2.90. The Morgan fingerprint density at radius 2 is 1.82 bits per heavy atom. The standard InChI is InChI=1S/C22H27N3O3/c1-24-13-10-19-17(14-24)21(16-8-4-5-9-18(16)23-19)22(27)28-15-20(26)25-11-6-2-3-7-12-25/h4-5,8-9H,2-3,6-7,10-15H2,1H3. The van der Waals surface area contributed by atoms with Gasteiger partial charge >= 0.3 is 5.97 Å². The van der Waals surface area contributed by atoms with Crippen molar-refractivity contribution in [3.63, 3.8) is 0 Å². The number of ether oxygens (including phenoxy) is 1. The van der Waals surface area contributed by atoms with Gasteiger partial charge in [0.2, 0.25) is 0 Å². The highest BCUT2D eigenvalue weighted by molar-refractivity contribution is 6.05. The number of aromatic nitrogens is 1. The summed E-state index contributed by atoms with van der Waals surface area (Å²) in [4.78, 5) is 34.3. The Bertz CT molecular complexity index is 888. The van der Waals surface area contributed by atoms with E-state index in [9.17, 15) is 9.59 Å². The van der Waals surface area contributed by atoms with E-state index in [-0.39, 0.29) is 12.5 Å². The molecule has 0 unspecified atom stereocenters. The molecule has 0 bridgehead atoms. The number of likely N-dealkylation sites (tertiary alicyclic amines) is 1. The first-order valence-corrected chi connectivity index (χ1v) is 10.2. The van der Waals surface area contributed by atoms with E-state index in [1.807, 2.05) is 36.2 Å². The van der Waals surface area contributed by atoms with Crippen LogP contribution in [0.2, 0.25) is 0 Å². The van der Waals surface area contributed by atoms with Gasteiger partial charge < -0.3 is 14.5 Å². The van der Waals surface area contributed by atoms with Crippen LogP contribution in [0.1, 0.15) is 47.3 Å². The number of likely N-dealkylation sites (N-methyl/N-ethyl adjacent to an activating group) is 1. The summed E-state index contributed by atoms with van der Waals surface area (Å²) >= 11 is 0. The van der Waals surface area contributed by atoms with Gasteiger partial charge in [-0.3, -0.25) is 9.78 Å². The zero-order valence-corrected chi connectivity index (χ0v) is 16.4. The second-order valence-electron chi connectivity index (χ2n) is 7.79. The van der Waals surface area contributed by atoms with Gasteiger partial charge in [0.15, 0.2) is 6.61 Å². The second kappa shape index (κ2) is 8.27. The Kier molecular flexibility index (Phi) is 5.57. The summed E-state index contributed by atoms with van der Waals surface area (Å²) in [5.74, 6) is -0.520. The quantitative estimate of drug-likeness (QED) is 0.765. The highest BCUT2D eigenvalue weighted by atomic mass is 16.5. The molecule has 0 aliphatic carbocycles. The molecule has 0 spiro atoms. The lowest BCUT2D eigenvalue weighted by molar-refractivity contribution is -0.134. The van der Waals surface area contributed by atoms with E-state index in [1.165, 1.54) is 0 Å². The summed E-state index contributed by atoms with van der Waals surface area (Å²) in [6, 6.07) is 7.66. The molecule has 28 heavy (non-hydrogen) atoms. The van der Waals surface area contributed by atoms with E-state index in [2.05, 4.69) is 4.90 Å². The number of hydrogen-bond donors (Lipinski definition) is 0. The summed E-state index contributed by atoms with van der Waals surface area (Å²) in [7, 11) is 2.04. The van der Waals surface area contributed by atoms with Crippen LogP contribution in [-0.2, 0) is 22.5 Å². The Balaban J connectivity index is 1.58. The highest BCUT2D eigenvalue weighted by Crippen LogP contribution is 2.28. The average Bonchev–Trinajstić information content (AvgIpc) is 2.99. The summed E-state index contributed by atoms with van der Waals surface area (Å²) in [5.41, 5.74) is 3.26. The van der Waals surface area contributed by atoms with Crippen molar-refractivity contribution in [3.05, 3.63) is 41.1 Å². The first-order chi connectivity index (χ1) is 13.6. The van der Waals surface area contributed by atoms with E-state index in [0.717, 1.165) is 73.9 Å². The molecule has 1 amide bonds. The van der Waals surface area contributed by atoms with Gasteiger partial charge in [0.1, 0.15) is 0 Å². The fraction of sp³-hybridized carbons (Fsp3) is 0.500. The second-order valence-corrected chi connectivity index (χ2v) is 7.79. The van der Waals surface area contributed by atoms with E-state index >= 15 is 0 Å². The molecule has 1 fully saturated rings. The van der Waals surface area contributed by atoms with Gasteiger partial charge in [-0.1, -0.05) is 31.0 Å². The van der Waals surface area contributed by atoms with Crippen molar-refractivity contribution in [1.29, 1.82) is 0 Å². The largest absolute Gasteiger partial charge is 0.452 e. The van der Waals surface area contributed by atoms with Crippen LogP contribution in [0.4, 0.5) is 0 Å². The van der Waals surface area contributed by atoms with Gasteiger partial charge in [0.05, 0.1) is 11.1 Å². The molecule has 1 saturated heterocycles. The van der Waals surface area contributed by atoms with Gasteiger partial charge in [0.25, 0.3) is 5.91 Å². The van der Waals surface area contributed by atoms with Crippen molar-refractivity contribution in [3.8, 4) is 0 Å². The topological polar surface area (TPSA) is 62.7 Å². The van der Waals surface area contributed by atoms with Crippen molar-refractivity contribution >= 4 is 22.8 Å². The number of esters is 1. The van der Waals surface area contributed by atoms with E-state index < -0.39 is 5.97 Å². The van der Waals surface area contributed by atoms with Crippen molar-refractivity contribution in [2.45, 2.75) is 38.6 Å². The number of fused-ring (bicyclic) bond motifs is 2. The number of carbonyl (C=O) groups is 2. The molecule has 148 valence electrons. The molecular weight excluding hydrogens is 354 g/mol. The number of hydrogen-bond acceptors (Lipinski definition) is 5. The number of benzene rings is 1. The molecule has 0 N–H and O–H groups in total. The maximum Gasteiger partial charge on any atom is 0.339 e. The zero-order valence-electron chi connectivity index (χ0n) is 16.4. The van der Waals surface area contributed by atoms with Crippen LogP contribution >= 0.6 is 0 Å². The number of pyridine rings is 1. The normalized spacial score (nSPS) is 17.8. The molecule has 4 rings (SSSR count). The van der Waals surface area contributed by atoms with Crippen LogP contribution < -0.4 is 0 Å². The van der Waals surface area contributed by atoms with Crippen molar-refractivity contribution in [2.75, 3.05) is 33.3 Å². The van der Waals surface area contributed by atoms with Gasteiger partial charge in [-0.15, -0.1) is 0 Å². The lowest BCUT2D eigenvalue weighted by Crippen LogP contribution is -2.35. The van der Waals surface area contributed by atoms with Gasteiger partial charge in [-0.05, 0) is 26.0 Å². The predicted molar refractivity (Wildman–Crippen MR) is 107 cm³/mol. The zero-order chi connectivity index (χ0) is 19.5. The van der Waals surface area contributed by atoms with Crippen LogP contribution in [0, 0.1) is 0 Å². The fourth-order valence-corrected chi connectivity index (χ4v) is 4.17. The lowest BCUT2D eigenvalue weighted by atomic mass is 9.96. The first-order valence-electron chi connectivity index (χ1n) is 10.2. The molecule has 1 aromatic heterocycles. The number of amides is 1. The molecule has 3 heterocycles. The molecule has 2 aromatic rings. The minimum Gasteiger partial charge on any atom is -0.452 e. The maximum absolute atomic E-state index is 13.1. The molecule has 1 aromatic carbocycles. The van der Waals surface area contributed by atoms with Crippen LogP contribution in [-0.4, -0.2) is 59.9 Å². The highest BCUT2D eigenvalue weighted by Gasteiger charge is 2.26. The van der Waals surface area contributed by atoms with Crippen LogP contribution in [0.5, 0.6) is 0 Å². The maximum atomic E-state index is 13.1. The summed E-state index contributed by atoms with van der Waals surface area (Å²) < 4.78 is 5.52. The van der Waals surface area contributed by atoms with Crippen LogP contribution in [0.15, 0.2) is 24.3 Å². The third-order valence-corrected chi connectivity index (χ3v) is 5.73. The first kappa shape index (κ1) is 18.9. The third kappa shape index (κ3) is 3.87. The van der Waals surface area contributed by atoms with Crippen molar-refractivity contribution in [2.24, 2.45) is 0 Å². The Morgan fingerprint density at radius 1 is 1.07 bits per heavy atom. The Morgan fingerprint density at radius 3 is 2.61 bits per heavy atom. The number of carbonyl (C=O) groups excluding carboxylic acids is 2. The summed E-state index contributed by atoms with van der Waals surface area (Å²) in [5, 5.41) is 0.795. The van der Waals surface area contributed by atoms with Crippen molar-refractivity contribution in [1.82, 2.24) is 14.8 Å². The van der Waals surface area contributed by atoms with E-state index in [1.54, 1.807) is 0 Å². The monoisotopic (exact) mass is 381 g/mol. The summed E-state index contributed by atoms with van der Waals surface area (Å²) in [6.07, 6.45) is 5.17. The van der Waals surface area contributed by atoms with E-state index in [0.29, 0.717) is 12.1 Å².